The summed E-state index contributed by atoms with van der Waals surface area (Å²) >= 11 is 0. The molecule has 0 aromatic carbocycles. The third kappa shape index (κ3) is 0.599. The van der Waals surface area contributed by atoms with Gasteiger partial charge in [-0.2, -0.15) is 0 Å². The van der Waals surface area contributed by atoms with Gasteiger partial charge in [0.15, 0.2) is 0 Å². The Kier molecular flexibility index (Phi) is 1.44. The van der Waals surface area contributed by atoms with Crippen molar-refractivity contribution in [3.05, 3.63) is 0 Å². The van der Waals surface area contributed by atoms with E-state index in [1.807, 2.05) is 0 Å². The summed E-state index contributed by atoms with van der Waals surface area (Å²) in [5.41, 5.74) is 1.63. The summed E-state index contributed by atoms with van der Waals surface area (Å²) in [7, 11) is 2.38. The standard InChI is InChI=1S/C10H19B/c1-3-10-5-4-9(10,7-11)6-8(10)2/h8H,3-7,11H2,1-2H3. The third-order valence-corrected chi connectivity index (χ3v) is 5.05. The Hall–Kier alpha value is 0.0649. The first-order chi connectivity index (χ1) is 5.21. The van der Waals surface area contributed by atoms with Gasteiger partial charge in [-0.05, 0) is 42.4 Å². The molecule has 0 saturated heterocycles. The molecule has 1 heteroatoms. The molecule has 0 aromatic heterocycles. The summed E-state index contributed by atoms with van der Waals surface area (Å²) in [6.07, 6.45) is 7.45. The Balaban J connectivity index is 2.18. The quantitative estimate of drug-likeness (QED) is 0.529. The SMILES string of the molecule is BCC12CCC1(CC)C(C)C2. The first-order valence-corrected chi connectivity index (χ1v) is 5.21. The first kappa shape index (κ1) is 7.70. The van der Waals surface area contributed by atoms with Crippen molar-refractivity contribution in [1.82, 2.24) is 0 Å². The summed E-state index contributed by atoms with van der Waals surface area (Å²) in [4.78, 5) is 0. The van der Waals surface area contributed by atoms with Gasteiger partial charge in [0.1, 0.15) is 7.85 Å². The van der Waals surface area contributed by atoms with Crippen LogP contribution in [-0.2, 0) is 0 Å². The smallest absolute Gasteiger partial charge is 0.0750 e. The van der Waals surface area contributed by atoms with Crippen LogP contribution < -0.4 is 0 Å². The monoisotopic (exact) mass is 150 g/mol. The zero-order valence-corrected chi connectivity index (χ0v) is 8.11. The van der Waals surface area contributed by atoms with Gasteiger partial charge in [-0.1, -0.05) is 20.2 Å². The highest BCUT2D eigenvalue weighted by atomic mass is 14.7. The molecule has 3 atom stereocenters. The molecule has 0 nitrogen and oxygen atoms in total. The van der Waals surface area contributed by atoms with E-state index in [9.17, 15) is 0 Å². The molecule has 0 aromatic rings. The highest BCUT2D eigenvalue weighted by Crippen LogP contribution is 2.75. The van der Waals surface area contributed by atoms with Gasteiger partial charge in [-0.3, -0.25) is 0 Å². The van der Waals surface area contributed by atoms with Crippen molar-refractivity contribution in [3.8, 4) is 0 Å². The first-order valence-electron chi connectivity index (χ1n) is 5.21. The number of fused-ring (bicyclic) bond motifs is 1. The van der Waals surface area contributed by atoms with Gasteiger partial charge in [0.05, 0.1) is 0 Å². The van der Waals surface area contributed by atoms with Crippen molar-refractivity contribution in [2.45, 2.75) is 45.9 Å². The molecule has 0 N–H and O–H groups in total. The van der Waals surface area contributed by atoms with Crippen LogP contribution >= 0.6 is 0 Å². The lowest BCUT2D eigenvalue weighted by Gasteiger charge is -2.73. The van der Waals surface area contributed by atoms with Crippen LogP contribution in [0.15, 0.2) is 0 Å². The minimum absolute atomic E-state index is 0.807. The van der Waals surface area contributed by atoms with Crippen molar-refractivity contribution in [2.24, 2.45) is 16.7 Å². The predicted octanol–water partition coefficient (Wildman–Crippen LogP) is 2.25. The second kappa shape index (κ2) is 2.05. The van der Waals surface area contributed by atoms with E-state index in [2.05, 4.69) is 21.7 Å². The number of rotatable bonds is 2. The van der Waals surface area contributed by atoms with Crippen LogP contribution in [0.25, 0.3) is 0 Å². The summed E-state index contributed by atoms with van der Waals surface area (Å²) in [6, 6.07) is 0. The average molecular weight is 150 g/mol. The van der Waals surface area contributed by atoms with E-state index < -0.39 is 0 Å². The Bertz CT molecular complexity index is 170. The Labute approximate surface area is 71.2 Å². The second-order valence-corrected chi connectivity index (χ2v) is 4.75. The van der Waals surface area contributed by atoms with E-state index in [-0.39, 0.29) is 0 Å². The molecular weight excluding hydrogens is 131 g/mol. The molecule has 2 saturated carbocycles. The van der Waals surface area contributed by atoms with Crippen molar-refractivity contribution in [1.29, 1.82) is 0 Å². The average Bonchev–Trinajstić information content (AvgIpc) is 2.00. The Morgan fingerprint density at radius 2 is 2.18 bits per heavy atom. The zero-order chi connectivity index (χ0) is 8.11. The highest BCUT2D eigenvalue weighted by molar-refractivity contribution is 6.09. The van der Waals surface area contributed by atoms with Crippen LogP contribution in [0.1, 0.15) is 39.5 Å². The number of hydrogen-bond donors (Lipinski definition) is 0. The van der Waals surface area contributed by atoms with Crippen LogP contribution in [-0.4, -0.2) is 7.85 Å². The van der Waals surface area contributed by atoms with Crippen LogP contribution in [0.4, 0.5) is 0 Å². The largest absolute Gasteiger partial charge is 0.102 e. The maximum Gasteiger partial charge on any atom is 0.102 e. The van der Waals surface area contributed by atoms with Crippen LogP contribution in [0, 0.1) is 16.7 Å². The molecule has 0 radical (unpaired) electrons. The lowest BCUT2D eigenvalue weighted by Crippen LogP contribution is -2.64. The van der Waals surface area contributed by atoms with E-state index in [0.29, 0.717) is 0 Å². The fourth-order valence-electron chi connectivity index (χ4n) is 4.10. The van der Waals surface area contributed by atoms with Crippen molar-refractivity contribution in [3.63, 3.8) is 0 Å². The zero-order valence-electron chi connectivity index (χ0n) is 8.11. The van der Waals surface area contributed by atoms with E-state index in [1.165, 1.54) is 32.0 Å². The predicted molar refractivity (Wildman–Crippen MR) is 51.5 cm³/mol. The van der Waals surface area contributed by atoms with E-state index in [1.54, 1.807) is 0 Å². The Morgan fingerprint density at radius 3 is 2.36 bits per heavy atom. The molecule has 62 valence electrons. The van der Waals surface area contributed by atoms with Gasteiger partial charge in [0.25, 0.3) is 0 Å². The Morgan fingerprint density at radius 1 is 1.45 bits per heavy atom. The fraction of sp³-hybridized carbons (Fsp3) is 1.00. The van der Waals surface area contributed by atoms with E-state index in [0.717, 1.165) is 16.7 Å². The van der Waals surface area contributed by atoms with Gasteiger partial charge < -0.3 is 0 Å². The summed E-state index contributed by atoms with van der Waals surface area (Å²) in [6.45, 7) is 4.84. The molecule has 2 fully saturated rings. The van der Waals surface area contributed by atoms with E-state index >= 15 is 0 Å². The minimum Gasteiger partial charge on any atom is -0.0750 e. The molecule has 2 aliphatic rings. The molecule has 0 heterocycles. The molecule has 11 heavy (non-hydrogen) atoms. The van der Waals surface area contributed by atoms with Crippen molar-refractivity contribution in [2.75, 3.05) is 0 Å². The molecule has 0 bridgehead atoms. The lowest BCUT2D eigenvalue weighted by atomic mass is 9.31. The third-order valence-electron chi connectivity index (χ3n) is 5.05. The van der Waals surface area contributed by atoms with E-state index in [4.69, 9.17) is 0 Å². The van der Waals surface area contributed by atoms with Gasteiger partial charge in [0, 0.05) is 0 Å². The highest BCUT2D eigenvalue weighted by Gasteiger charge is 2.66. The van der Waals surface area contributed by atoms with Gasteiger partial charge in [-0.15, -0.1) is 0 Å². The molecule has 0 amide bonds. The summed E-state index contributed by atoms with van der Waals surface area (Å²) in [5.74, 6) is 1.03. The molecule has 2 rings (SSSR count). The maximum atomic E-state index is 2.45. The lowest BCUT2D eigenvalue weighted by molar-refractivity contribution is -0.216. The molecule has 3 unspecified atom stereocenters. The van der Waals surface area contributed by atoms with Crippen LogP contribution in [0.5, 0.6) is 0 Å². The maximum absolute atomic E-state index is 2.45. The second-order valence-electron chi connectivity index (χ2n) is 4.75. The van der Waals surface area contributed by atoms with Gasteiger partial charge in [0.2, 0.25) is 0 Å². The van der Waals surface area contributed by atoms with Gasteiger partial charge >= 0.3 is 0 Å². The molecule has 2 aliphatic carbocycles. The normalized spacial score (nSPS) is 54.2. The summed E-state index contributed by atoms with van der Waals surface area (Å²) in [5, 5.41) is 0. The molecule has 0 spiro atoms. The van der Waals surface area contributed by atoms with Crippen LogP contribution in [0.3, 0.4) is 0 Å². The van der Waals surface area contributed by atoms with Gasteiger partial charge in [-0.25, -0.2) is 0 Å². The van der Waals surface area contributed by atoms with Crippen molar-refractivity contribution < 1.29 is 0 Å². The summed E-state index contributed by atoms with van der Waals surface area (Å²) < 4.78 is 0. The molecule has 0 aliphatic heterocycles. The fourth-order valence-corrected chi connectivity index (χ4v) is 4.10. The molecular formula is C10H19B. The minimum atomic E-state index is 0.807. The number of hydrogen-bond acceptors (Lipinski definition) is 0. The topological polar surface area (TPSA) is 0 Å². The van der Waals surface area contributed by atoms with Crippen molar-refractivity contribution >= 4 is 7.85 Å². The van der Waals surface area contributed by atoms with Crippen LogP contribution in [0.2, 0.25) is 6.32 Å².